The first kappa shape index (κ1) is 13.4. The monoisotopic (exact) mass is 271 g/mol. The minimum atomic E-state index is -0.221. The number of carbonyl (C=O) groups excluding carboxylic acids is 1. The van der Waals surface area contributed by atoms with Crippen molar-refractivity contribution in [1.29, 1.82) is 0 Å². The zero-order chi connectivity index (χ0) is 13.0. The smallest absolute Gasteiger partial charge is 0.273 e. The zero-order valence-corrected chi connectivity index (χ0v) is 11.2. The Bertz CT molecular complexity index is 413. The summed E-state index contributed by atoms with van der Waals surface area (Å²) in [5, 5.41) is 9.82. The fraction of sp³-hybridized carbons (Fsp3) is 0.667. The van der Waals surface area contributed by atoms with Crippen LogP contribution in [0.3, 0.4) is 0 Å². The largest absolute Gasteiger partial charge is 0.381 e. The van der Waals surface area contributed by atoms with Crippen LogP contribution >= 0.6 is 11.6 Å². The summed E-state index contributed by atoms with van der Waals surface area (Å²) in [5.74, 6) is 0.330. The number of hydrogen-bond acceptors (Lipinski definition) is 3. The first-order valence-electron chi connectivity index (χ1n) is 6.25. The highest BCUT2D eigenvalue weighted by atomic mass is 35.5. The number of aryl methyl sites for hydroxylation is 1. The van der Waals surface area contributed by atoms with Gasteiger partial charge in [-0.3, -0.25) is 9.89 Å². The van der Waals surface area contributed by atoms with Gasteiger partial charge in [0.1, 0.15) is 0 Å². The van der Waals surface area contributed by atoms with Crippen molar-refractivity contribution in [2.75, 3.05) is 19.8 Å². The van der Waals surface area contributed by atoms with Crippen LogP contribution in [0.15, 0.2) is 0 Å². The van der Waals surface area contributed by atoms with E-state index in [2.05, 4.69) is 15.5 Å². The molecule has 2 rings (SSSR count). The molecule has 0 unspecified atom stereocenters. The van der Waals surface area contributed by atoms with E-state index in [0.29, 0.717) is 23.2 Å². The van der Waals surface area contributed by atoms with E-state index in [4.69, 9.17) is 16.3 Å². The van der Waals surface area contributed by atoms with Crippen molar-refractivity contribution in [3.05, 3.63) is 16.4 Å². The molecule has 2 N–H and O–H groups in total. The number of ether oxygens (including phenoxy) is 1. The van der Waals surface area contributed by atoms with Gasteiger partial charge in [0.25, 0.3) is 5.91 Å². The second-order valence-electron chi connectivity index (χ2n) is 4.64. The van der Waals surface area contributed by atoms with Gasteiger partial charge in [-0.15, -0.1) is 0 Å². The summed E-state index contributed by atoms with van der Waals surface area (Å²) in [6.07, 6.45) is 3.23. The minimum Gasteiger partial charge on any atom is -0.381 e. The van der Waals surface area contributed by atoms with Crippen LogP contribution in [0.25, 0.3) is 0 Å². The van der Waals surface area contributed by atoms with Gasteiger partial charge in [-0.05, 0) is 32.1 Å². The van der Waals surface area contributed by atoms with Crippen LogP contribution in [0.1, 0.15) is 35.4 Å². The van der Waals surface area contributed by atoms with E-state index in [1.807, 2.05) is 0 Å². The SMILES string of the molecule is Cc1[nH]nc(C(=O)NCC[C@H]2CCCOC2)c1Cl. The van der Waals surface area contributed by atoms with Crippen LogP contribution in [0, 0.1) is 12.8 Å². The molecule has 18 heavy (non-hydrogen) atoms. The van der Waals surface area contributed by atoms with Crippen molar-refractivity contribution in [1.82, 2.24) is 15.5 Å². The summed E-state index contributed by atoms with van der Waals surface area (Å²) in [6, 6.07) is 0. The van der Waals surface area contributed by atoms with Crippen LogP contribution in [-0.2, 0) is 4.74 Å². The molecule has 0 aliphatic carbocycles. The van der Waals surface area contributed by atoms with E-state index in [0.717, 1.165) is 26.1 Å². The molecule has 1 atom stereocenters. The van der Waals surface area contributed by atoms with E-state index in [-0.39, 0.29) is 11.6 Å². The molecule has 0 spiro atoms. The van der Waals surface area contributed by atoms with Crippen LogP contribution < -0.4 is 5.32 Å². The highest BCUT2D eigenvalue weighted by Gasteiger charge is 2.17. The Kier molecular flexibility index (Phi) is 4.60. The summed E-state index contributed by atoms with van der Waals surface area (Å²) in [5.41, 5.74) is 0.983. The number of aromatic nitrogens is 2. The number of rotatable bonds is 4. The van der Waals surface area contributed by atoms with E-state index < -0.39 is 0 Å². The maximum Gasteiger partial charge on any atom is 0.273 e. The Labute approximate surface area is 111 Å². The summed E-state index contributed by atoms with van der Waals surface area (Å²) in [6.45, 7) is 4.09. The van der Waals surface area contributed by atoms with Gasteiger partial charge in [-0.2, -0.15) is 5.10 Å². The fourth-order valence-electron chi connectivity index (χ4n) is 2.07. The maximum absolute atomic E-state index is 11.8. The number of carbonyl (C=O) groups is 1. The first-order valence-corrected chi connectivity index (χ1v) is 6.62. The van der Waals surface area contributed by atoms with E-state index in [1.54, 1.807) is 6.92 Å². The third-order valence-corrected chi connectivity index (χ3v) is 3.64. The zero-order valence-electron chi connectivity index (χ0n) is 10.5. The summed E-state index contributed by atoms with van der Waals surface area (Å²) < 4.78 is 5.40. The molecule has 0 radical (unpaired) electrons. The average molecular weight is 272 g/mol. The summed E-state index contributed by atoms with van der Waals surface area (Å²) in [4.78, 5) is 11.8. The van der Waals surface area contributed by atoms with Gasteiger partial charge in [0.15, 0.2) is 5.69 Å². The van der Waals surface area contributed by atoms with Gasteiger partial charge >= 0.3 is 0 Å². The van der Waals surface area contributed by atoms with Crippen molar-refractivity contribution in [2.45, 2.75) is 26.2 Å². The molecular weight excluding hydrogens is 254 g/mol. The molecule has 0 saturated carbocycles. The third kappa shape index (κ3) is 3.23. The number of aromatic amines is 1. The quantitative estimate of drug-likeness (QED) is 0.879. The Morgan fingerprint density at radius 1 is 1.67 bits per heavy atom. The second kappa shape index (κ2) is 6.20. The number of H-pyrrole nitrogens is 1. The van der Waals surface area contributed by atoms with Crippen LogP contribution in [0.2, 0.25) is 5.02 Å². The van der Waals surface area contributed by atoms with Crippen molar-refractivity contribution in [2.24, 2.45) is 5.92 Å². The van der Waals surface area contributed by atoms with Gasteiger partial charge in [0.2, 0.25) is 0 Å². The highest BCUT2D eigenvalue weighted by molar-refractivity contribution is 6.34. The molecule has 1 saturated heterocycles. The summed E-state index contributed by atoms with van der Waals surface area (Å²) in [7, 11) is 0. The molecule has 1 aromatic rings. The second-order valence-corrected chi connectivity index (χ2v) is 5.02. The molecule has 1 aliphatic rings. The van der Waals surface area contributed by atoms with Crippen molar-refractivity contribution in [3.8, 4) is 0 Å². The van der Waals surface area contributed by atoms with E-state index in [9.17, 15) is 4.79 Å². The van der Waals surface area contributed by atoms with E-state index >= 15 is 0 Å². The van der Waals surface area contributed by atoms with Crippen molar-refractivity contribution in [3.63, 3.8) is 0 Å². The lowest BCUT2D eigenvalue weighted by Crippen LogP contribution is -2.28. The number of hydrogen-bond donors (Lipinski definition) is 2. The van der Waals surface area contributed by atoms with Gasteiger partial charge in [-0.1, -0.05) is 11.6 Å². The standard InChI is InChI=1S/C12H18ClN3O2/c1-8-10(13)11(16-15-8)12(17)14-5-4-9-3-2-6-18-7-9/h9H,2-7H2,1H3,(H,14,17)(H,15,16)/t9-/m1/s1. The molecule has 0 bridgehead atoms. The molecule has 100 valence electrons. The Balaban J connectivity index is 1.76. The Morgan fingerprint density at radius 2 is 2.50 bits per heavy atom. The molecule has 6 heteroatoms. The van der Waals surface area contributed by atoms with Gasteiger partial charge in [0, 0.05) is 19.8 Å². The van der Waals surface area contributed by atoms with Crippen molar-refractivity contribution >= 4 is 17.5 Å². The minimum absolute atomic E-state index is 0.221. The fourth-order valence-corrected chi connectivity index (χ4v) is 2.24. The Hall–Kier alpha value is -1.07. The lowest BCUT2D eigenvalue weighted by Gasteiger charge is -2.21. The molecule has 1 aromatic heterocycles. The Morgan fingerprint density at radius 3 is 3.11 bits per heavy atom. The molecule has 5 nitrogen and oxygen atoms in total. The van der Waals surface area contributed by atoms with Crippen LogP contribution in [0.4, 0.5) is 0 Å². The normalized spacial score (nSPS) is 19.8. The highest BCUT2D eigenvalue weighted by Crippen LogP contribution is 2.18. The van der Waals surface area contributed by atoms with Gasteiger partial charge in [-0.25, -0.2) is 0 Å². The molecule has 1 aliphatic heterocycles. The van der Waals surface area contributed by atoms with E-state index in [1.165, 1.54) is 6.42 Å². The molecular formula is C12H18ClN3O2. The van der Waals surface area contributed by atoms with Gasteiger partial charge < -0.3 is 10.1 Å². The summed E-state index contributed by atoms with van der Waals surface area (Å²) >= 11 is 5.96. The lowest BCUT2D eigenvalue weighted by atomic mass is 9.99. The maximum atomic E-state index is 11.8. The number of amides is 1. The number of nitrogens with one attached hydrogen (secondary N) is 2. The predicted molar refractivity (Wildman–Crippen MR) is 68.8 cm³/mol. The number of nitrogens with zero attached hydrogens (tertiary/aromatic N) is 1. The molecule has 0 aromatic carbocycles. The van der Waals surface area contributed by atoms with Crippen molar-refractivity contribution < 1.29 is 9.53 Å². The third-order valence-electron chi connectivity index (χ3n) is 3.18. The van der Waals surface area contributed by atoms with Gasteiger partial charge in [0.05, 0.1) is 10.7 Å². The topological polar surface area (TPSA) is 67.0 Å². The molecule has 2 heterocycles. The number of halogens is 1. The molecule has 1 fully saturated rings. The first-order chi connectivity index (χ1) is 8.68. The lowest BCUT2D eigenvalue weighted by molar-refractivity contribution is 0.0514. The average Bonchev–Trinajstić information content (AvgIpc) is 2.71. The molecule has 1 amide bonds. The van der Waals surface area contributed by atoms with Crippen LogP contribution in [0.5, 0.6) is 0 Å². The van der Waals surface area contributed by atoms with Crippen LogP contribution in [-0.4, -0.2) is 35.9 Å². The predicted octanol–water partition coefficient (Wildman–Crippen LogP) is 1.92.